The molecule has 98 valence electrons. The van der Waals surface area contributed by atoms with Crippen molar-refractivity contribution >= 4 is 23.2 Å². The second-order valence-corrected chi connectivity index (χ2v) is 6.00. The molecule has 0 radical (unpaired) electrons. The maximum atomic E-state index is 12.0. The van der Waals surface area contributed by atoms with Crippen LogP contribution in [0.15, 0.2) is 17.5 Å². The standard InChI is InChI=1S/C13H18N2O2S/c1-9(2)6-11-13(17)14-7-12(16)15(11)8-10-4-3-5-18-10/h3-5,9,11H,6-8H2,1-2H3,(H,14,17). The summed E-state index contributed by atoms with van der Waals surface area (Å²) in [5, 5.41) is 4.66. The molecule has 2 heterocycles. The quantitative estimate of drug-likeness (QED) is 0.900. The number of hydrogen-bond acceptors (Lipinski definition) is 3. The summed E-state index contributed by atoms with van der Waals surface area (Å²) < 4.78 is 0. The molecular weight excluding hydrogens is 248 g/mol. The van der Waals surface area contributed by atoms with Gasteiger partial charge < -0.3 is 10.2 Å². The zero-order valence-electron chi connectivity index (χ0n) is 10.7. The molecule has 2 amide bonds. The summed E-state index contributed by atoms with van der Waals surface area (Å²) in [4.78, 5) is 26.7. The van der Waals surface area contributed by atoms with Crippen LogP contribution in [0.1, 0.15) is 25.1 Å². The van der Waals surface area contributed by atoms with Crippen molar-refractivity contribution in [2.75, 3.05) is 6.54 Å². The van der Waals surface area contributed by atoms with Crippen molar-refractivity contribution in [3.8, 4) is 0 Å². The van der Waals surface area contributed by atoms with Crippen LogP contribution in [0, 0.1) is 5.92 Å². The summed E-state index contributed by atoms with van der Waals surface area (Å²) in [6, 6.07) is 3.64. The number of carbonyl (C=O) groups excluding carboxylic acids is 2. The number of hydrogen-bond donors (Lipinski definition) is 1. The van der Waals surface area contributed by atoms with E-state index >= 15 is 0 Å². The van der Waals surface area contributed by atoms with Crippen LogP contribution in [0.25, 0.3) is 0 Å². The molecule has 1 unspecified atom stereocenters. The minimum atomic E-state index is -0.326. The first-order valence-corrected chi connectivity index (χ1v) is 7.05. The Morgan fingerprint density at radius 2 is 2.28 bits per heavy atom. The van der Waals surface area contributed by atoms with Gasteiger partial charge in [0, 0.05) is 4.88 Å². The Morgan fingerprint density at radius 3 is 2.89 bits per heavy atom. The lowest BCUT2D eigenvalue weighted by atomic mass is 10.00. The zero-order chi connectivity index (χ0) is 13.1. The van der Waals surface area contributed by atoms with E-state index < -0.39 is 0 Å². The third-order valence-electron chi connectivity index (χ3n) is 3.01. The average molecular weight is 266 g/mol. The van der Waals surface area contributed by atoms with Crippen molar-refractivity contribution in [1.29, 1.82) is 0 Å². The van der Waals surface area contributed by atoms with E-state index in [1.165, 1.54) is 0 Å². The molecule has 4 nitrogen and oxygen atoms in total. The minimum Gasteiger partial charge on any atom is -0.345 e. The van der Waals surface area contributed by atoms with Crippen molar-refractivity contribution in [3.63, 3.8) is 0 Å². The van der Waals surface area contributed by atoms with E-state index in [-0.39, 0.29) is 24.4 Å². The minimum absolute atomic E-state index is 0.00801. The SMILES string of the molecule is CC(C)CC1C(=O)NCC(=O)N1Cc1cccs1. The normalized spacial score (nSPS) is 20.4. The van der Waals surface area contributed by atoms with Gasteiger partial charge in [-0.25, -0.2) is 0 Å². The van der Waals surface area contributed by atoms with Gasteiger partial charge in [0.1, 0.15) is 6.04 Å². The molecule has 1 atom stereocenters. The molecule has 2 rings (SSSR count). The van der Waals surface area contributed by atoms with E-state index in [0.29, 0.717) is 18.9 Å². The molecule has 1 aromatic rings. The van der Waals surface area contributed by atoms with Crippen LogP contribution in [0.2, 0.25) is 0 Å². The van der Waals surface area contributed by atoms with Crippen molar-refractivity contribution in [2.45, 2.75) is 32.9 Å². The number of rotatable bonds is 4. The maximum Gasteiger partial charge on any atom is 0.243 e. The molecule has 0 saturated carbocycles. The van der Waals surface area contributed by atoms with Crippen LogP contribution >= 0.6 is 11.3 Å². The monoisotopic (exact) mass is 266 g/mol. The first kappa shape index (κ1) is 13.1. The Kier molecular flexibility index (Phi) is 4.01. The second-order valence-electron chi connectivity index (χ2n) is 4.96. The number of carbonyl (C=O) groups is 2. The summed E-state index contributed by atoms with van der Waals surface area (Å²) in [7, 11) is 0. The summed E-state index contributed by atoms with van der Waals surface area (Å²) in [5.74, 6) is 0.367. The fraction of sp³-hybridized carbons (Fsp3) is 0.538. The van der Waals surface area contributed by atoms with E-state index in [9.17, 15) is 9.59 Å². The van der Waals surface area contributed by atoms with E-state index in [2.05, 4.69) is 19.2 Å². The van der Waals surface area contributed by atoms with Gasteiger partial charge in [-0.05, 0) is 23.8 Å². The third-order valence-corrected chi connectivity index (χ3v) is 3.88. The molecule has 1 fully saturated rings. The predicted molar refractivity (Wildman–Crippen MR) is 71.1 cm³/mol. The zero-order valence-corrected chi connectivity index (χ0v) is 11.5. The van der Waals surface area contributed by atoms with Gasteiger partial charge in [0.05, 0.1) is 13.1 Å². The van der Waals surface area contributed by atoms with Crippen LogP contribution in [-0.2, 0) is 16.1 Å². The van der Waals surface area contributed by atoms with E-state index in [1.54, 1.807) is 16.2 Å². The van der Waals surface area contributed by atoms with Gasteiger partial charge in [-0.15, -0.1) is 11.3 Å². The third kappa shape index (κ3) is 2.90. The number of nitrogens with zero attached hydrogens (tertiary/aromatic N) is 1. The van der Waals surface area contributed by atoms with Crippen molar-refractivity contribution in [1.82, 2.24) is 10.2 Å². The highest BCUT2D eigenvalue weighted by atomic mass is 32.1. The van der Waals surface area contributed by atoms with Gasteiger partial charge in [0.25, 0.3) is 0 Å². The molecule has 5 heteroatoms. The van der Waals surface area contributed by atoms with Gasteiger partial charge in [-0.1, -0.05) is 19.9 Å². The largest absolute Gasteiger partial charge is 0.345 e. The van der Waals surface area contributed by atoms with Gasteiger partial charge in [-0.3, -0.25) is 9.59 Å². The average Bonchev–Trinajstić information content (AvgIpc) is 2.80. The van der Waals surface area contributed by atoms with E-state index in [4.69, 9.17) is 0 Å². The molecule has 0 aliphatic carbocycles. The van der Waals surface area contributed by atoms with Crippen LogP contribution < -0.4 is 5.32 Å². The second kappa shape index (κ2) is 5.52. The predicted octanol–water partition coefficient (Wildman–Crippen LogP) is 1.62. The van der Waals surface area contributed by atoms with Crippen LogP contribution in [0.3, 0.4) is 0 Å². The number of amides is 2. The van der Waals surface area contributed by atoms with Gasteiger partial charge in [-0.2, -0.15) is 0 Å². The smallest absolute Gasteiger partial charge is 0.243 e. The van der Waals surface area contributed by atoms with Crippen molar-refractivity contribution in [3.05, 3.63) is 22.4 Å². The Balaban J connectivity index is 2.15. The molecule has 1 N–H and O–H groups in total. The van der Waals surface area contributed by atoms with E-state index in [0.717, 1.165) is 4.88 Å². The summed E-state index contributed by atoms with van der Waals surface area (Å²) in [6.07, 6.45) is 0.711. The lowest BCUT2D eigenvalue weighted by Gasteiger charge is -2.35. The van der Waals surface area contributed by atoms with Crippen molar-refractivity contribution in [2.24, 2.45) is 5.92 Å². The van der Waals surface area contributed by atoms with E-state index in [1.807, 2.05) is 17.5 Å². The van der Waals surface area contributed by atoms with Crippen LogP contribution in [0.4, 0.5) is 0 Å². The topological polar surface area (TPSA) is 49.4 Å². The fourth-order valence-electron chi connectivity index (χ4n) is 2.15. The van der Waals surface area contributed by atoms with Gasteiger partial charge >= 0.3 is 0 Å². The molecule has 0 bridgehead atoms. The molecule has 18 heavy (non-hydrogen) atoms. The Labute approximate surface area is 111 Å². The highest BCUT2D eigenvalue weighted by Crippen LogP contribution is 2.20. The first-order valence-electron chi connectivity index (χ1n) is 6.17. The maximum absolute atomic E-state index is 12.0. The Bertz CT molecular complexity index is 428. The first-order chi connectivity index (χ1) is 8.58. The van der Waals surface area contributed by atoms with Crippen LogP contribution in [0.5, 0.6) is 0 Å². The molecule has 1 aromatic heterocycles. The molecule has 1 saturated heterocycles. The molecule has 0 aromatic carbocycles. The summed E-state index contributed by atoms with van der Waals surface area (Å²) in [6.45, 7) is 4.80. The fourth-order valence-corrected chi connectivity index (χ4v) is 2.85. The summed E-state index contributed by atoms with van der Waals surface area (Å²) in [5.41, 5.74) is 0. The molecule has 1 aliphatic rings. The van der Waals surface area contributed by atoms with Crippen LogP contribution in [-0.4, -0.2) is 29.3 Å². The van der Waals surface area contributed by atoms with Gasteiger partial charge in [0.2, 0.25) is 11.8 Å². The molecule has 1 aliphatic heterocycles. The molecular formula is C13H18N2O2S. The number of piperazine rings is 1. The summed E-state index contributed by atoms with van der Waals surface area (Å²) >= 11 is 1.62. The Morgan fingerprint density at radius 1 is 1.50 bits per heavy atom. The Hall–Kier alpha value is -1.36. The highest BCUT2D eigenvalue weighted by Gasteiger charge is 2.34. The number of nitrogens with one attached hydrogen (secondary N) is 1. The highest BCUT2D eigenvalue weighted by molar-refractivity contribution is 7.09. The lowest BCUT2D eigenvalue weighted by molar-refractivity contribution is -0.146. The lowest BCUT2D eigenvalue weighted by Crippen LogP contribution is -2.58. The van der Waals surface area contributed by atoms with Gasteiger partial charge in [0.15, 0.2) is 0 Å². The number of thiophene rings is 1. The van der Waals surface area contributed by atoms with Crippen molar-refractivity contribution < 1.29 is 9.59 Å². The molecule has 0 spiro atoms.